The van der Waals surface area contributed by atoms with Gasteiger partial charge >= 0.3 is 6.18 Å². The number of halogens is 3. The number of benzene rings is 1. The van der Waals surface area contributed by atoms with Crippen LogP contribution in [0.4, 0.5) is 13.2 Å². The summed E-state index contributed by atoms with van der Waals surface area (Å²) in [5.41, 5.74) is 1.23. The molecule has 0 aromatic heterocycles. The number of nitrogens with zero attached hydrogens (tertiary/aromatic N) is 2. The van der Waals surface area contributed by atoms with E-state index in [4.69, 9.17) is 0 Å². The van der Waals surface area contributed by atoms with Gasteiger partial charge in [0.25, 0.3) is 0 Å². The number of carbonyl (C=O) groups is 1. The molecule has 0 aliphatic heterocycles. The van der Waals surface area contributed by atoms with Crippen LogP contribution in [0.1, 0.15) is 25.8 Å². The molecule has 0 radical (unpaired) electrons. The molecule has 0 aliphatic rings. The smallest absolute Gasteiger partial charge is 0.357 e. The Bertz CT molecular complexity index is 576. The van der Waals surface area contributed by atoms with E-state index in [2.05, 4.69) is 27.8 Å². The fourth-order valence-electron chi connectivity index (χ4n) is 2.28. The van der Waals surface area contributed by atoms with Crippen molar-refractivity contribution in [3.63, 3.8) is 0 Å². The summed E-state index contributed by atoms with van der Waals surface area (Å²) < 4.78 is 37.0. The molecule has 1 rings (SSSR count). The summed E-state index contributed by atoms with van der Waals surface area (Å²) in [5.74, 6) is -0.265. The number of guanidine groups is 1. The van der Waals surface area contributed by atoms with E-state index in [0.717, 1.165) is 19.9 Å². The molecule has 0 bridgehead atoms. The third kappa shape index (κ3) is 9.29. The molecule has 0 fully saturated rings. The van der Waals surface area contributed by atoms with Crippen molar-refractivity contribution in [1.29, 1.82) is 0 Å². The zero-order chi connectivity index (χ0) is 19.6. The van der Waals surface area contributed by atoms with Gasteiger partial charge in [-0.25, -0.2) is 4.99 Å². The molecule has 26 heavy (non-hydrogen) atoms. The molecule has 1 aromatic rings. The van der Waals surface area contributed by atoms with Gasteiger partial charge in [0.15, 0.2) is 5.96 Å². The van der Waals surface area contributed by atoms with Crippen molar-refractivity contribution in [2.75, 3.05) is 26.7 Å². The summed E-state index contributed by atoms with van der Waals surface area (Å²) in [6, 6.07) is 10.1. The standard InChI is InChI=1S/C18H27F3N4O/c1-4-22-17(23-12-16(26)25(3)13-18(19,20)21)24-14(2)10-11-15-8-6-5-7-9-15/h5-9,14H,4,10-13H2,1-3H3,(H2,22,23,24). The Morgan fingerprint density at radius 2 is 1.92 bits per heavy atom. The highest BCUT2D eigenvalue weighted by atomic mass is 19.4. The maximum absolute atomic E-state index is 12.3. The van der Waals surface area contributed by atoms with E-state index in [0.29, 0.717) is 17.4 Å². The first kappa shape index (κ1) is 21.8. The Morgan fingerprint density at radius 1 is 1.27 bits per heavy atom. The molecular formula is C18H27F3N4O. The Labute approximate surface area is 152 Å². The number of hydrogen-bond donors (Lipinski definition) is 2. The average Bonchev–Trinajstić information content (AvgIpc) is 2.57. The van der Waals surface area contributed by atoms with Crippen LogP contribution in [0.25, 0.3) is 0 Å². The molecule has 1 amide bonds. The minimum absolute atomic E-state index is 0.0935. The topological polar surface area (TPSA) is 56.7 Å². The number of nitrogens with one attached hydrogen (secondary N) is 2. The van der Waals surface area contributed by atoms with E-state index in [1.807, 2.05) is 32.0 Å². The minimum atomic E-state index is -4.41. The zero-order valence-electron chi connectivity index (χ0n) is 15.4. The van der Waals surface area contributed by atoms with Crippen LogP contribution >= 0.6 is 0 Å². The Hall–Kier alpha value is -2.25. The number of carbonyl (C=O) groups excluding carboxylic acids is 1. The lowest BCUT2D eigenvalue weighted by Crippen LogP contribution is -2.43. The van der Waals surface area contributed by atoms with Gasteiger partial charge in [0.05, 0.1) is 0 Å². The lowest BCUT2D eigenvalue weighted by Gasteiger charge is -2.20. The number of rotatable bonds is 8. The third-order valence-corrected chi connectivity index (χ3v) is 3.65. The van der Waals surface area contributed by atoms with Gasteiger partial charge in [-0.05, 0) is 32.3 Å². The van der Waals surface area contributed by atoms with Crippen LogP contribution in [0.2, 0.25) is 0 Å². The lowest BCUT2D eigenvalue weighted by molar-refractivity contribution is -0.157. The molecule has 1 aromatic carbocycles. The quantitative estimate of drug-likeness (QED) is 0.545. The first-order valence-electron chi connectivity index (χ1n) is 8.60. The van der Waals surface area contributed by atoms with Crippen LogP contribution in [0.5, 0.6) is 0 Å². The predicted octanol–water partition coefficient (Wildman–Crippen LogP) is 2.58. The highest BCUT2D eigenvalue weighted by Crippen LogP contribution is 2.15. The molecular weight excluding hydrogens is 345 g/mol. The minimum Gasteiger partial charge on any atom is -0.357 e. The van der Waals surface area contributed by atoms with E-state index in [-0.39, 0.29) is 12.6 Å². The van der Waals surface area contributed by atoms with Crippen molar-refractivity contribution in [2.45, 2.75) is 38.9 Å². The lowest BCUT2D eigenvalue weighted by atomic mass is 10.1. The van der Waals surface area contributed by atoms with Gasteiger partial charge in [0, 0.05) is 19.6 Å². The Kier molecular flexibility index (Phi) is 8.95. The SMILES string of the molecule is CCNC(=NCC(=O)N(C)CC(F)(F)F)NC(C)CCc1ccccc1. The third-order valence-electron chi connectivity index (χ3n) is 3.65. The molecule has 0 heterocycles. The van der Waals surface area contributed by atoms with Gasteiger partial charge < -0.3 is 15.5 Å². The van der Waals surface area contributed by atoms with Crippen molar-refractivity contribution >= 4 is 11.9 Å². The van der Waals surface area contributed by atoms with Crippen LogP contribution in [0.3, 0.4) is 0 Å². The Morgan fingerprint density at radius 3 is 2.50 bits per heavy atom. The van der Waals surface area contributed by atoms with Gasteiger partial charge in [-0.1, -0.05) is 30.3 Å². The van der Waals surface area contributed by atoms with Crippen LogP contribution in [-0.4, -0.2) is 55.7 Å². The fraction of sp³-hybridized carbons (Fsp3) is 0.556. The van der Waals surface area contributed by atoms with Crippen LogP contribution in [-0.2, 0) is 11.2 Å². The fourth-order valence-corrected chi connectivity index (χ4v) is 2.28. The van der Waals surface area contributed by atoms with Gasteiger partial charge in [-0.3, -0.25) is 4.79 Å². The number of aliphatic imine (C=N–C) groups is 1. The van der Waals surface area contributed by atoms with Crippen molar-refractivity contribution in [2.24, 2.45) is 4.99 Å². The maximum atomic E-state index is 12.3. The van der Waals surface area contributed by atoms with E-state index in [9.17, 15) is 18.0 Å². The van der Waals surface area contributed by atoms with E-state index < -0.39 is 18.6 Å². The number of amides is 1. The molecule has 1 unspecified atom stereocenters. The highest BCUT2D eigenvalue weighted by molar-refractivity contribution is 5.85. The molecule has 0 saturated heterocycles. The molecule has 0 aliphatic carbocycles. The van der Waals surface area contributed by atoms with Gasteiger partial charge in [0.1, 0.15) is 13.1 Å². The number of likely N-dealkylation sites (N-methyl/N-ethyl adjacent to an activating group) is 1. The normalized spacial score (nSPS) is 13.2. The van der Waals surface area contributed by atoms with Crippen LogP contribution < -0.4 is 10.6 Å². The van der Waals surface area contributed by atoms with Gasteiger partial charge in [-0.15, -0.1) is 0 Å². The monoisotopic (exact) mass is 372 g/mol. The van der Waals surface area contributed by atoms with E-state index in [1.165, 1.54) is 5.56 Å². The van der Waals surface area contributed by atoms with Crippen molar-refractivity contribution in [1.82, 2.24) is 15.5 Å². The first-order chi connectivity index (χ1) is 12.2. The summed E-state index contributed by atoms with van der Waals surface area (Å²) in [5, 5.41) is 6.18. The summed E-state index contributed by atoms with van der Waals surface area (Å²) in [7, 11) is 1.12. The second-order valence-corrected chi connectivity index (χ2v) is 6.13. The predicted molar refractivity (Wildman–Crippen MR) is 97.0 cm³/mol. The molecule has 0 spiro atoms. The van der Waals surface area contributed by atoms with Crippen LogP contribution in [0.15, 0.2) is 35.3 Å². The van der Waals surface area contributed by atoms with Gasteiger partial charge in [0.2, 0.25) is 5.91 Å². The molecule has 5 nitrogen and oxygen atoms in total. The van der Waals surface area contributed by atoms with Crippen molar-refractivity contribution in [3.05, 3.63) is 35.9 Å². The summed E-state index contributed by atoms with van der Waals surface area (Å²) in [6.07, 6.45) is -2.67. The molecule has 146 valence electrons. The molecule has 8 heteroatoms. The number of aryl methyl sites for hydroxylation is 1. The van der Waals surface area contributed by atoms with E-state index >= 15 is 0 Å². The zero-order valence-corrected chi connectivity index (χ0v) is 15.4. The first-order valence-corrected chi connectivity index (χ1v) is 8.60. The largest absolute Gasteiger partial charge is 0.406 e. The second-order valence-electron chi connectivity index (χ2n) is 6.13. The van der Waals surface area contributed by atoms with Crippen molar-refractivity contribution in [3.8, 4) is 0 Å². The summed E-state index contributed by atoms with van der Waals surface area (Å²) in [4.78, 5) is 16.5. The molecule has 1 atom stereocenters. The van der Waals surface area contributed by atoms with Crippen LogP contribution in [0, 0.1) is 0 Å². The average molecular weight is 372 g/mol. The van der Waals surface area contributed by atoms with Gasteiger partial charge in [-0.2, -0.15) is 13.2 Å². The van der Waals surface area contributed by atoms with Crippen molar-refractivity contribution < 1.29 is 18.0 Å². The highest BCUT2D eigenvalue weighted by Gasteiger charge is 2.31. The number of alkyl halides is 3. The Balaban J connectivity index is 2.52. The number of hydrogen-bond acceptors (Lipinski definition) is 2. The summed E-state index contributed by atoms with van der Waals surface area (Å²) >= 11 is 0. The second kappa shape index (κ2) is 10.7. The maximum Gasteiger partial charge on any atom is 0.406 e. The molecule has 0 saturated carbocycles. The summed E-state index contributed by atoms with van der Waals surface area (Å²) in [6.45, 7) is 2.84. The molecule has 2 N–H and O–H groups in total. The van der Waals surface area contributed by atoms with E-state index in [1.54, 1.807) is 0 Å².